The van der Waals surface area contributed by atoms with E-state index in [0.717, 1.165) is 5.56 Å². The van der Waals surface area contributed by atoms with E-state index in [2.05, 4.69) is 0 Å². The average Bonchev–Trinajstić information content (AvgIpc) is 2.29. The summed E-state index contributed by atoms with van der Waals surface area (Å²) < 4.78 is 4.86. The normalized spacial score (nSPS) is 10.2. The summed E-state index contributed by atoms with van der Waals surface area (Å²) in [6.07, 6.45) is 0. The molecule has 0 saturated carbocycles. The second-order valence-corrected chi connectivity index (χ2v) is 3.99. The van der Waals surface area contributed by atoms with Gasteiger partial charge >= 0.3 is 0 Å². The number of benzene rings is 2. The maximum atomic E-state index is 9.68. The monoisotopic (exact) mass is 250 g/mol. The average molecular weight is 251 g/mol. The molecular formula is C13H11ClO3. The van der Waals surface area contributed by atoms with Crippen LogP contribution in [0, 0.1) is 0 Å². The molecule has 17 heavy (non-hydrogen) atoms. The van der Waals surface area contributed by atoms with Gasteiger partial charge in [-0.25, -0.2) is 0 Å². The topological polar surface area (TPSA) is 49.7 Å². The van der Waals surface area contributed by atoms with Gasteiger partial charge in [0.1, 0.15) is 0 Å². The van der Waals surface area contributed by atoms with Crippen LogP contribution in [0.5, 0.6) is 17.2 Å². The van der Waals surface area contributed by atoms with Crippen LogP contribution in [0.25, 0.3) is 11.1 Å². The Kier molecular flexibility index (Phi) is 3.11. The van der Waals surface area contributed by atoms with E-state index in [1.807, 2.05) is 12.1 Å². The lowest BCUT2D eigenvalue weighted by Crippen LogP contribution is -1.86. The lowest BCUT2D eigenvalue weighted by molar-refractivity contribution is 0.345. The lowest BCUT2D eigenvalue weighted by atomic mass is 10.0. The van der Waals surface area contributed by atoms with E-state index in [-0.39, 0.29) is 17.2 Å². The van der Waals surface area contributed by atoms with Crippen molar-refractivity contribution in [1.29, 1.82) is 0 Å². The van der Waals surface area contributed by atoms with Crippen molar-refractivity contribution in [2.45, 2.75) is 0 Å². The Morgan fingerprint density at radius 3 is 1.94 bits per heavy atom. The Balaban J connectivity index is 2.50. The van der Waals surface area contributed by atoms with E-state index < -0.39 is 0 Å². The van der Waals surface area contributed by atoms with Gasteiger partial charge in [0.15, 0.2) is 11.5 Å². The Morgan fingerprint density at radius 2 is 1.47 bits per heavy atom. The first-order chi connectivity index (χ1) is 8.11. The molecule has 4 heteroatoms. The van der Waals surface area contributed by atoms with Crippen molar-refractivity contribution in [3.05, 3.63) is 41.4 Å². The lowest BCUT2D eigenvalue weighted by Gasteiger charge is -2.09. The van der Waals surface area contributed by atoms with Gasteiger partial charge in [-0.05, 0) is 35.4 Å². The Hall–Kier alpha value is -1.87. The SMILES string of the molecule is COc1c(O)cc(-c2ccc(Cl)cc2)cc1O. The zero-order valence-electron chi connectivity index (χ0n) is 9.14. The molecule has 0 radical (unpaired) electrons. The highest BCUT2D eigenvalue weighted by atomic mass is 35.5. The van der Waals surface area contributed by atoms with Gasteiger partial charge < -0.3 is 14.9 Å². The maximum Gasteiger partial charge on any atom is 0.202 e. The molecule has 88 valence electrons. The highest BCUT2D eigenvalue weighted by molar-refractivity contribution is 6.30. The van der Waals surface area contributed by atoms with Crippen molar-refractivity contribution in [3.63, 3.8) is 0 Å². The molecule has 0 amide bonds. The second kappa shape index (κ2) is 4.55. The first kappa shape index (κ1) is 11.6. The van der Waals surface area contributed by atoms with Gasteiger partial charge in [-0.2, -0.15) is 0 Å². The van der Waals surface area contributed by atoms with E-state index in [1.54, 1.807) is 12.1 Å². The molecule has 0 saturated heterocycles. The Labute approximate surface area is 104 Å². The molecule has 0 aliphatic rings. The van der Waals surface area contributed by atoms with Crippen molar-refractivity contribution in [2.75, 3.05) is 7.11 Å². The van der Waals surface area contributed by atoms with E-state index in [9.17, 15) is 10.2 Å². The van der Waals surface area contributed by atoms with E-state index >= 15 is 0 Å². The molecule has 0 atom stereocenters. The molecular weight excluding hydrogens is 240 g/mol. The number of ether oxygens (including phenoxy) is 1. The molecule has 0 heterocycles. The number of hydrogen-bond donors (Lipinski definition) is 2. The molecule has 0 fully saturated rings. The predicted molar refractivity (Wildman–Crippen MR) is 66.8 cm³/mol. The summed E-state index contributed by atoms with van der Waals surface area (Å²) in [5.41, 5.74) is 1.54. The van der Waals surface area contributed by atoms with Crippen LogP contribution in [-0.4, -0.2) is 17.3 Å². The van der Waals surface area contributed by atoms with Crippen LogP contribution in [-0.2, 0) is 0 Å². The highest BCUT2D eigenvalue weighted by Crippen LogP contribution is 2.39. The van der Waals surface area contributed by atoms with Gasteiger partial charge in [0.25, 0.3) is 0 Å². The van der Waals surface area contributed by atoms with E-state index in [0.29, 0.717) is 10.6 Å². The van der Waals surface area contributed by atoms with Crippen molar-refractivity contribution in [3.8, 4) is 28.4 Å². The fraction of sp³-hybridized carbons (Fsp3) is 0.0769. The smallest absolute Gasteiger partial charge is 0.202 e. The number of hydrogen-bond acceptors (Lipinski definition) is 3. The molecule has 2 aromatic carbocycles. The minimum atomic E-state index is -0.0996. The van der Waals surface area contributed by atoms with Crippen LogP contribution in [0.2, 0.25) is 5.02 Å². The van der Waals surface area contributed by atoms with Gasteiger partial charge in [-0.3, -0.25) is 0 Å². The minimum Gasteiger partial charge on any atom is -0.504 e. The highest BCUT2D eigenvalue weighted by Gasteiger charge is 2.10. The standard InChI is InChI=1S/C13H11ClO3/c1-17-13-11(15)6-9(7-12(13)16)8-2-4-10(14)5-3-8/h2-7,15-16H,1H3. The van der Waals surface area contributed by atoms with Crippen LogP contribution in [0.3, 0.4) is 0 Å². The van der Waals surface area contributed by atoms with Gasteiger partial charge in [0.2, 0.25) is 5.75 Å². The van der Waals surface area contributed by atoms with Gasteiger partial charge in [0, 0.05) is 5.02 Å². The number of aromatic hydroxyl groups is 2. The quantitative estimate of drug-likeness (QED) is 0.859. The third kappa shape index (κ3) is 2.29. The Morgan fingerprint density at radius 1 is 0.941 bits per heavy atom. The molecule has 3 nitrogen and oxygen atoms in total. The van der Waals surface area contributed by atoms with Crippen molar-refractivity contribution >= 4 is 11.6 Å². The van der Waals surface area contributed by atoms with E-state index in [1.165, 1.54) is 19.2 Å². The zero-order chi connectivity index (χ0) is 12.4. The number of halogens is 1. The van der Waals surface area contributed by atoms with Crippen molar-refractivity contribution in [1.82, 2.24) is 0 Å². The zero-order valence-corrected chi connectivity index (χ0v) is 9.90. The van der Waals surface area contributed by atoms with Gasteiger partial charge in [-0.15, -0.1) is 0 Å². The van der Waals surface area contributed by atoms with Crippen LogP contribution in [0.4, 0.5) is 0 Å². The molecule has 2 rings (SSSR count). The van der Waals surface area contributed by atoms with Crippen molar-refractivity contribution < 1.29 is 14.9 Å². The van der Waals surface area contributed by atoms with Crippen LogP contribution < -0.4 is 4.74 Å². The molecule has 0 aliphatic carbocycles. The maximum absolute atomic E-state index is 9.68. The predicted octanol–water partition coefficient (Wildman–Crippen LogP) is 3.43. The number of phenolic OH excluding ortho intramolecular Hbond substituents is 2. The van der Waals surface area contributed by atoms with Crippen molar-refractivity contribution in [2.24, 2.45) is 0 Å². The molecule has 2 aromatic rings. The molecule has 0 spiro atoms. The largest absolute Gasteiger partial charge is 0.504 e. The fourth-order valence-corrected chi connectivity index (χ4v) is 1.74. The third-order valence-electron chi connectivity index (χ3n) is 2.43. The summed E-state index contributed by atoms with van der Waals surface area (Å²) in [7, 11) is 1.39. The van der Waals surface area contributed by atoms with Crippen LogP contribution in [0.1, 0.15) is 0 Å². The molecule has 0 aromatic heterocycles. The summed E-state index contributed by atoms with van der Waals surface area (Å²) in [5, 5.41) is 20.0. The van der Waals surface area contributed by atoms with Crippen LogP contribution in [0.15, 0.2) is 36.4 Å². The summed E-state index contributed by atoms with van der Waals surface area (Å²) >= 11 is 5.79. The van der Waals surface area contributed by atoms with Gasteiger partial charge in [-0.1, -0.05) is 23.7 Å². The number of methoxy groups -OCH3 is 1. The fourth-order valence-electron chi connectivity index (χ4n) is 1.62. The van der Waals surface area contributed by atoms with Gasteiger partial charge in [0.05, 0.1) is 7.11 Å². The van der Waals surface area contributed by atoms with Crippen LogP contribution >= 0.6 is 11.6 Å². The number of rotatable bonds is 2. The molecule has 0 bridgehead atoms. The summed E-state index contributed by atoms with van der Waals surface area (Å²) in [4.78, 5) is 0. The first-order valence-corrected chi connectivity index (χ1v) is 5.35. The number of phenols is 2. The minimum absolute atomic E-state index is 0.0720. The first-order valence-electron chi connectivity index (χ1n) is 4.97. The molecule has 2 N–H and O–H groups in total. The summed E-state index contributed by atoms with van der Waals surface area (Å²) in [5.74, 6) is -0.127. The summed E-state index contributed by atoms with van der Waals surface area (Å²) in [6.45, 7) is 0. The third-order valence-corrected chi connectivity index (χ3v) is 2.68. The van der Waals surface area contributed by atoms with E-state index in [4.69, 9.17) is 16.3 Å². The Bertz CT molecular complexity index is 512. The summed E-state index contributed by atoms with van der Waals surface area (Å²) in [6, 6.07) is 10.2. The second-order valence-electron chi connectivity index (χ2n) is 3.55. The molecule has 0 aliphatic heterocycles. The molecule has 0 unspecified atom stereocenters.